The maximum absolute atomic E-state index is 12.0. The Balaban J connectivity index is 2.57. The number of sulfone groups is 2. The Kier molecular flexibility index (Phi) is 3.65. The molecule has 0 aromatic heterocycles. The highest BCUT2D eigenvalue weighted by molar-refractivity contribution is 7.91. The molecular formula is C14H21NO4S2. The van der Waals surface area contributed by atoms with E-state index in [0.717, 1.165) is 18.9 Å². The second kappa shape index (κ2) is 4.71. The number of rotatable bonds is 4. The van der Waals surface area contributed by atoms with Crippen LogP contribution in [-0.4, -0.2) is 42.4 Å². The van der Waals surface area contributed by atoms with Gasteiger partial charge in [-0.2, -0.15) is 0 Å². The normalized spacial score (nSPS) is 21.1. The van der Waals surface area contributed by atoms with Crippen LogP contribution in [0.3, 0.4) is 0 Å². The van der Waals surface area contributed by atoms with Gasteiger partial charge in [0.05, 0.1) is 15.5 Å². The van der Waals surface area contributed by atoms with Crippen molar-refractivity contribution >= 4 is 25.4 Å². The molecule has 1 fully saturated rings. The Labute approximate surface area is 126 Å². The van der Waals surface area contributed by atoms with Gasteiger partial charge in [0.2, 0.25) is 0 Å². The predicted molar refractivity (Wildman–Crippen MR) is 83.3 cm³/mol. The fourth-order valence-corrected chi connectivity index (χ4v) is 4.24. The van der Waals surface area contributed by atoms with Gasteiger partial charge in [-0.3, -0.25) is 0 Å². The number of hydrogen-bond acceptors (Lipinski definition) is 5. The van der Waals surface area contributed by atoms with Crippen LogP contribution in [0, 0.1) is 5.41 Å². The van der Waals surface area contributed by atoms with E-state index in [2.05, 4.69) is 13.8 Å². The minimum absolute atomic E-state index is 0.0233. The van der Waals surface area contributed by atoms with Crippen molar-refractivity contribution in [2.24, 2.45) is 5.41 Å². The average Bonchev–Trinajstić information content (AvgIpc) is 2.94. The molecular weight excluding hydrogens is 310 g/mol. The molecule has 1 aliphatic carbocycles. The molecule has 0 radical (unpaired) electrons. The van der Waals surface area contributed by atoms with E-state index in [1.54, 1.807) is 6.07 Å². The summed E-state index contributed by atoms with van der Waals surface area (Å²) in [6, 6.07) is 4.57. The molecule has 1 atom stereocenters. The third-order valence-electron chi connectivity index (χ3n) is 4.07. The Morgan fingerprint density at radius 3 is 2.00 bits per heavy atom. The van der Waals surface area contributed by atoms with Crippen molar-refractivity contribution < 1.29 is 16.8 Å². The summed E-state index contributed by atoms with van der Waals surface area (Å²) in [4.78, 5) is 2.02. The lowest BCUT2D eigenvalue weighted by Crippen LogP contribution is -2.25. The Hall–Kier alpha value is -1.08. The van der Waals surface area contributed by atoms with Gasteiger partial charge in [-0.1, -0.05) is 13.8 Å². The van der Waals surface area contributed by atoms with E-state index in [9.17, 15) is 16.8 Å². The van der Waals surface area contributed by atoms with Crippen LogP contribution in [-0.2, 0) is 19.7 Å². The standard InChI is InChI=1S/C14H21NO4S2/c1-14(2)9-13(14)15(3)11-7-6-10(20(4,16)17)8-12(11)21(5,18)19/h6-8,13H,9H2,1-5H3/t13-/m0/s1. The zero-order valence-corrected chi connectivity index (χ0v) is 14.5. The molecule has 2 rings (SSSR count). The largest absolute Gasteiger partial charge is 0.370 e. The Morgan fingerprint density at radius 2 is 1.62 bits per heavy atom. The van der Waals surface area contributed by atoms with Gasteiger partial charge in [0.15, 0.2) is 19.7 Å². The van der Waals surface area contributed by atoms with Crippen molar-refractivity contribution in [1.82, 2.24) is 0 Å². The minimum Gasteiger partial charge on any atom is -0.370 e. The van der Waals surface area contributed by atoms with Gasteiger partial charge in [-0.15, -0.1) is 0 Å². The second-order valence-electron chi connectivity index (χ2n) is 6.49. The highest BCUT2D eigenvalue weighted by Gasteiger charge is 2.49. The van der Waals surface area contributed by atoms with Crippen molar-refractivity contribution in [2.75, 3.05) is 24.5 Å². The van der Waals surface area contributed by atoms with Crippen LogP contribution >= 0.6 is 0 Å². The minimum atomic E-state index is -3.51. The zero-order valence-electron chi connectivity index (χ0n) is 12.9. The lowest BCUT2D eigenvalue weighted by atomic mass is 10.1. The Morgan fingerprint density at radius 1 is 1.10 bits per heavy atom. The van der Waals surface area contributed by atoms with Gasteiger partial charge in [0, 0.05) is 25.6 Å². The van der Waals surface area contributed by atoms with E-state index in [4.69, 9.17) is 0 Å². The number of benzene rings is 1. The van der Waals surface area contributed by atoms with Gasteiger partial charge < -0.3 is 4.90 Å². The molecule has 0 N–H and O–H groups in total. The predicted octanol–water partition coefficient (Wildman–Crippen LogP) is 1.73. The lowest BCUT2D eigenvalue weighted by molar-refractivity contribution is 0.593. The maximum atomic E-state index is 12.0. The third kappa shape index (κ3) is 3.23. The van der Waals surface area contributed by atoms with Crippen LogP contribution in [0.2, 0.25) is 0 Å². The summed E-state index contributed by atoms with van der Waals surface area (Å²) in [5.41, 5.74) is 0.708. The molecule has 0 spiro atoms. The van der Waals surface area contributed by atoms with E-state index in [1.807, 2.05) is 11.9 Å². The molecule has 5 nitrogen and oxygen atoms in total. The molecule has 0 aliphatic heterocycles. The van der Waals surface area contributed by atoms with Crippen LogP contribution in [0.15, 0.2) is 28.0 Å². The summed E-state index contributed by atoms with van der Waals surface area (Å²) in [6.45, 7) is 4.25. The number of hydrogen-bond donors (Lipinski definition) is 0. The van der Waals surface area contributed by atoms with Crippen LogP contribution < -0.4 is 4.90 Å². The zero-order chi connectivity index (χ0) is 16.2. The van der Waals surface area contributed by atoms with Crippen LogP contribution in [0.5, 0.6) is 0 Å². The van der Waals surface area contributed by atoms with E-state index in [-0.39, 0.29) is 21.2 Å². The molecule has 0 saturated heterocycles. The summed E-state index contributed by atoms with van der Waals surface area (Å²) in [6.07, 6.45) is 3.16. The molecule has 0 unspecified atom stereocenters. The summed E-state index contributed by atoms with van der Waals surface area (Å²) >= 11 is 0. The number of anilines is 1. The fourth-order valence-electron chi connectivity index (χ4n) is 2.58. The molecule has 1 aliphatic rings. The van der Waals surface area contributed by atoms with E-state index >= 15 is 0 Å². The monoisotopic (exact) mass is 331 g/mol. The van der Waals surface area contributed by atoms with Gasteiger partial charge in [0.1, 0.15) is 0 Å². The lowest BCUT2D eigenvalue weighted by Gasteiger charge is -2.24. The Bertz CT molecular complexity index is 779. The van der Waals surface area contributed by atoms with Gasteiger partial charge in [-0.05, 0) is 30.0 Å². The highest BCUT2D eigenvalue weighted by atomic mass is 32.2. The first-order chi connectivity index (χ1) is 9.34. The molecule has 21 heavy (non-hydrogen) atoms. The van der Waals surface area contributed by atoms with Crippen molar-refractivity contribution in [3.63, 3.8) is 0 Å². The molecule has 0 amide bonds. The van der Waals surface area contributed by atoms with Crippen LogP contribution in [0.1, 0.15) is 20.3 Å². The molecule has 0 heterocycles. The molecule has 1 aromatic rings. The van der Waals surface area contributed by atoms with Gasteiger partial charge in [0.25, 0.3) is 0 Å². The number of nitrogens with zero attached hydrogens (tertiary/aromatic N) is 1. The second-order valence-corrected chi connectivity index (χ2v) is 10.5. The smallest absolute Gasteiger partial charge is 0.177 e. The molecule has 7 heteroatoms. The van der Waals surface area contributed by atoms with Crippen LogP contribution in [0.25, 0.3) is 0 Å². The SMILES string of the molecule is CN(c1ccc(S(C)(=O)=O)cc1S(C)(=O)=O)[C@H]1CC1(C)C. The highest BCUT2D eigenvalue weighted by Crippen LogP contribution is 2.50. The van der Waals surface area contributed by atoms with Crippen LogP contribution in [0.4, 0.5) is 5.69 Å². The van der Waals surface area contributed by atoms with Crippen molar-refractivity contribution in [3.8, 4) is 0 Å². The summed E-state index contributed by atoms with van der Waals surface area (Å²) in [5, 5.41) is 0. The van der Waals surface area contributed by atoms with Crippen molar-refractivity contribution in [1.29, 1.82) is 0 Å². The van der Waals surface area contributed by atoms with E-state index in [0.29, 0.717) is 5.69 Å². The third-order valence-corrected chi connectivity index (χ3v) is 6.30. The first-order valence-corrected chi connectivity index (χ1v) is 10.4. The van der Waals surface area contributed by atoms with E-state index < -0.39 is 19.7 Å². The average molecular weight is 331 g/mol. The van der Waals surface area contributed by atoms with Crippen molar-refractivity contribution in [2.45, 2.75) is 36.1 Å². The fraction of sp³-hybridized carbons (Fsp3) is 0.571. The molecule has 118 valence electrons. The topological polar surface area (TPSA) is 71.5 Å². The summed E-state index contributed by atoms with van der Waals surface area (Å²) in [5.74, 6) is 0. The molecule has 0 bridgehead atoms. The maximum Gasteiger partial charge on any atom is 0.177 e. The van der Waals surface area contributed by atoms with E-state index in [1.165, 1.54) is 12.1 Å². The molecule has 1 saturated carbocycles. The quantitative estimate of drug-likeness (QED) is 0.840. The van der Waals surface area contributed by atoms with Crippen molar-refractivity contribution in [3.05, 3.63) is 18.2 Å². The summed E-state index contributed by atoms with van der Waals surface area (Å²) < 4.78 is 47.3. The molecule has 1 aromatic carbocycles. The van der Waals surface area contributed by atoms with Gasteiger partial charge in [-0.25, -0.2) is 16.8 Å². The first kappa shape index (κ1) is 16.3. The first-order valence-electron chi connectivity index (χ1n) is 6.61. The van der Waals surface area contributed by atoms with Gasteiger partial charge >= 0.3 is 0 Å². The summed E-state index contributed by atoms with van der Waals surface area (Å²) in [7, 11) is -5.10.